The SMILES string of the molecule is O=C(CCNC(=O)c1ccco1)NCCC(=O)N1CCCC1. The molecule has 0 atom stereocenters. The van der Waals surface area contributed by atoms with E-state index in [1.54, 1.807) is 12.1 Å². The molecule has 0 saturated carbocycles. The predicted molar refractivity (Wildman–Crippen MR) is 79.1 cm³/mol. The highest BCUT2D eigenvalue weighted by atomic mass is 16.3. The van der Waals surface area contributed by atoms with E-state index < -0.39 is 0 Å². The Morgan fingerprint density at radius 2 is 1.82 bits per heavy atom. The second-order valence-electron chi connectivity index (χ2n) is 5.17. The summed E-state index contributed by atoms with van der Waals surface area (Å²) in [6, 6.07) is 3.18. The molecule has 1 aromatic heterocycles. The standard InChI is InChI=1S/C15H21N3O4/c19-13(5-7-17-15(21)12-4-3-11-22-12)16-8-6-14(20)18-9-1-2-10-18/h3-4,11H,1-2,5-10H2,(H,16,19)(H,17,21). The number of furan rings is 1. The Balaban J connectivity index is 1.54. The molecule has 0 aromatic carbocycles. The molecule has 0 spiro atoms. The molecule has 1 aliphatic rings. The summed E-state index contributed by atoms with van der Waals surface area (Å²) in [4.78, 5) is 36.8. The van der Waals surface area contributed by atoms with E-state index in [-0.39, 0.29) is 36.4 Å². The monoisotopic (exact) mass is 307 g/mol. The number of likely N-dealkylation sites (tertiary alicyclic amines) is 1. The first-order valence-electron chi connectivity index (χ1n) is 7.53. The average molecular weight is 307 g/mol. The predicted octanol–water partition coefficient (Wildman–Crippen LogP) is 0.528. The Morgan fingerprint density at radius 1 is 1.09 bits per heavy atom. The zero-order valence-electron chi connectivity index (χ0n) is 12.5. The largest absolute Gasteiger partial charge is 0.459 e. The van der Waals surface area contributed by atoms with Crippen molar-refractivity contribution in [3.05, 3.63) is 24.2 Å². The van der Waals surface area contributed by atoms with Gasteiger partial charge in [0.05, 0.1) is 6.26 Å². The van der Waals surface area contributed by atoms with Crippen molar-refractivity contribution in [3.63, 3.8) is 0 Å². The first-order valence-corrected chi connectivity index (χ1v) is 7.53. The number of amides is 3. The van der Waals surface area contributed by atoms with Gasteiger partial charge >= 0.3 is 0 Å². The van der Waals surface area contributed by atoms with Crippen molar-refractivity contribution in [2.45, 2.75) is 25.7 Å². The molecule has 2 N–H and O–H groups in total. The van der Waals surface area contributed by atoms with Gasteiger partial charge in [-0.2, -0.15) is 0 Å². The first kappa shape index (κ1) is 16.1. The lowest BCUT2D eigenvalue weighted by Gasteiger charge is -2.15. The minimum absolute atomic E-state index is 0.0870. The lowest BCUT2D eigenvalue weighted by Crippen LogP contribution is -2.34. The molecule has 0 bridgehead atoms. The molecule has 2 heterocycles. The zero-order chi connectivity index (χ0) is 15.8. The van der Waals surface area contributed by atoms with Crippen LogP contribution in [0.3, 0.4) is 0 Å². The molecule has 22 heavy (non-hydrogen) atoms. The summed E-state index contributed by atoms with van der Waals surface area (Å²) >= 11 is 0. The highest BCUT2D eigenvalue weighted by molar-refractivity contribution is 5.91. The van der Waals surface area contributed by atoms with E-state index in [9.17, 15) is 14.4 Å². The van der Waals surface area contributed by atoms with Crippen LogP contribution in [0.5, 0.6) is 0 Å². The summed E-state index contributed by atoms with van der Waals surface area (Å²) in [7, 11) is 0. The van der Waals surface area contributed by atoms with Crippen LogP contribution in [0, 0.1) is 0 Å². The molecule has 0 unspecified atom stereocenters. The van der Waals surface area contributed by atoms with Gasteiger partial charge in [-0.05, 0) is 25.0 Å². The van der Waals surface area contributed by atoms with Crippen molar-refractivity contribution >= 4 is 17.7 Å². The van der Waals surface area contributed by atoms with Gasteiger partial charge in [-0.1, -0.05) is 0 Å². The maximum atomic E-state index is 11.8. The molecule has 1 saturated heterocycles. The van der Waals surface area contributed by atoms with Crippen LogP contribution in [0.2, 0.25) is 0 Å². The third-order valence-corrected chi connectivity index (χ3v) is 3.50. The van der Waals surface area contributed by atoms with E-state index in [2.05, 4.69) is 10.6 Å². The molecule has 0 radical (unpaired) electrons. The normalized spacial score (nSPS) is 13.9. The fraction of sp³-hybridized carbons (Fsp3) is 0.533. The fourth-order valence-corrected chi connectivity index (χ4v) is 2.31. The van der Waals surface area contributed by atoms with Crippen LogP contribution in [0.4, 0.5) is 0 Å². The van der Waals surface area contributed by atoms with Gasteiger partial charge < -0.3 is 20.0 Å². The second-order valence-corrected chi connectivity index (χ2v) is 5.17. The quantitative estimate of drug-likeness (QED) is 0.768. The molecule has 1 fully saturated rings. The van der Waals surface area contributed by atoms with E-state index >= 15 is 0 Å². The highest BCUT2D eigenvalue weighted by Gasteiger charge is 2.17. The maximum Gasteiger partial charge on any atom is 0.286 e. The Morgan fingerprint density at radius 3 is 2.50 bits per heavy atom. The summed E-state index contributed by atoms with van der Waals surface area (Å²) in [5, 5.41) is 5.28. The van der Waals surface area contributed by atoms with Gasteiger partial charge in [-0.3, -0.25) is 14.4 Å². The van der Waals surface area contributed by atoms with Crippen molar-refractivity contribution in [1.82, 2.24) is 15.5 Å². The van der Waals surface area contributed by atoms with Gasteiger partial charge in [0.2, 0.25) is 11.8 Å². The van der Waals surface area contributed by atoms with E-state index in [4.69, 9.17) is 4.42 Å². The van der Waals surface area contributed by atoms with E-state index in [1.807, 2.05) is 4.90 Å². The lowest BCUT2D eigenvalue weighted by atomic mass is 10.3. The Labute approximate surface area is 129 Å². The van der Waals surface area contributed by atoms with Crippen molar-refractivity contribution in [1.29, 1.82) is 0 Å². The molecule has 120 valence electrons. The topological polar surface area (TPSA) is 91.6 Å². The summed E-state index contributed by atoms with van der Waals surface area (Å²) in [6.07, 6.45) is 4.04. The summed E-state index contributed by atoms with van der Waals surface area (Å²) in [5.41, 5.74) is 0. The maximum absolute atomic E-state index is 11.8. The van der Waals surface area contributed by atoms with Crippen molar-refractivity contribution < 1.29 is 18.8 Å². The van der Waals surface area contributed by atoms with Gasteiger partial charge in [0, 0.05) is 39.0 Å². The summed E-state index contributed by atoms with van der Waals surface area (Å²) in [6.45, 7) is 2.21. The van der Waals surface area contributed by atoms with Crippen LogP contribution in [0.15, 0.2) is 22.8 Å². The van der Waals surface area contributed by atoms with Crippen LogP contribution in [0.1, 0.15) is 36.2 Å². The van der Waals surface area contributed by atoms with Gasteiger partial charge in [-0.15, -0.1) is 0 Å². The zero-order valence-corrected chi connectivity index (χ0v) is 12.5. The Bertz CT molecular complexity index is 507. The van der Waals surface area contributed by atoms with Crippen LogP contribution in [-0.2, 0) is 9.59 Å². The van der Waals surface area contributed by atoms with Crippen LogP contribution >= 0.6 is 0 Å². The number of hydrogen-bond donors (Lipinski definition) is 2. The number of nitrogens with one attached hydrogen (secondary N) is 2. The van der Waals surface area contributed by atoms with E-state index in [0.717, 1.165) is 25.9 Å². The minimum Gasteiger partial charge on any atom is -0.459 e. The first-order chi connectivity index (χ1) is 10.7. The number of rotatable bonds is 7. The third kappa shape index (κ3) is 4.91. The van der Waals surface area contributed by atoms with Crippen LogP contribution in [0.25, 0.3) is 0 Å². The molecular weight excluding hydrogens is 286 g/mol. The molecule has 1 aromatic rings. The van der Waals surface area contributed by atoms with Gasteiger partial charge in [0.15, 0.2) is 5.76 Å². The van der Waals surface area contributed by atoms with Gasteiger partial charge in [-0.25, -0.2) is 0 Å². The van der Waals surface area contributed by atoms with Crippen molar-refractivity contribution in [2.75, 3.05) is 26.2 Å². The number of carbonyl (C=O) groups excluding carboxylic acids is 3. The summed E-state index contributed by atoms with van der Waals surface area (Å²) < 4.78 is 4.94. The van der Waals surface area contributed by atoms with Crippen molar-refractivity contribution in [3.8, 4) is 0 Å². The summed E-state index contributed by atoms with van der Waals surface area (Å²) in [5.74, 6) is -0.225. The molecule has 7 nitrogen and oxygen atoms in total. The van der Waals surface area contributed by atoms with Gasteiger partial charge in [0.1, 0.15) is 0 Å². The molecular formula is C15H21N3O4. The number of carbonyl (C=O) groups is 3. The third-order valence-electron chi connectivity index (χ3n) is 3.50. The molecule has 2 rings (SSSR count). The van der Waals surface area contributed by atoms with Crippen LogP contribution < -0.4 is 10.6 Å². The van der Waals surface area contributed by atoms with Crippen LogP contribution in [-0.4, -0.2) is 48.8 Å². The number of hydrogen-bond acceptors (Lipinski definition) is 4. The molecule has 0 aliphatic carbocycles. The number of nitrogens with zero attached hydrogens (tertiary/aromatic N) is 1. The average Bonchev–Trinajstić information content (AvgIpc) is 3.20. The lowest BCUT2D eigenvalue weighted by molar-refractivity contribution is -0.130. The fourth-order valence-electron chi connectivity index (χ4n) is 2.31. The van der Waals surface area contributed by atoms with E-state index in [1.165, 1.54) is 6.26 Å². The van der Waals surface area contributed by atoms with E-state index in [0.29, 0.717) is 13.0 Å². The Kier molecular flexibility index (Phi) is 6.00. The van der Waals surface area contributed by atoms with Gasteiger partial charge in [0.25, 0.3) is 5.91 Å². The Hall–Kier alpha value is -2.31. The molecule has 3 amide bonds. The highest BCUT2D eigenvalue weighted by Crippen LogP contribution is 2.08. The second kappa shape index (κ2) is 8.21. The minimum atomic E-state index is -0.345. The molecule has 7 heteroatoms. The van der Waals surface area contributed by atoms with Crippen molar-refractivity contribution in [2.24, 2.45) is 0 Å². The molecule has 1 aliphatic heterocycles. The smallest absolute Gasteiger partial charge is 0.286 e.